The van der Waals surface area contributed by atoms with Crippen LogP contribution in [0.25, 0.3) is 5.65 Å². The highest BCUT2D eigenvalue weighted by Gasteiger charge is 2.03. The van der Waals surface area contributed by atoms with Crippen molar-refractivity contribution in [3.8, 4) is 6.07 Å². The van der Waals surface area contributed by atoms with Crippen LogP contribution in [0.4, 0.5) is 0 Å². The van der Waals surface area contributed by atoms with E-state index in [0.717, 1.165) is 0 Å². The second-order valence-electron chi connectivity index (χ2n) is 2.21. The molecule has 0 unspecified atom stereocenters. The molecule has 2 aromatic rings. The lowest BCUT2D eigenvalue weighted by Gasteiger charge is -1.91. The SMILES string of the molecule is N#Cc1cnn2cc(Cl)cnc12. The smallest absolute Gasteiger partial charge is 0.172 e. The van der Waals surface area contributed by atoms with Crippen LogP contribution < -0.4 is 0 Å². The maximum Gasteiger partial charge on any atom is 0.172 e. The lowest BCUT2D eigenvalue weighted by Crippen LogP contribution is -1.88. The minimum atomic E-state index is 0.451. The zero-order valence-electron chi connectivity index (χ0n) is 5.90. The number of hydrogen-bond acceptors (Lipinski definition) is 3. The van der Waals surface area contributed by atoms with Gasteiger partial charge in [-0.3, -0.25) is 0 Å². The van der Waals surface area contributed by atoms with Gasteiger partial charge in [-0.1, -0.05) is 11.6 Å². The Kier molecular flexibility index (Phi) is 1.45. The van der Waals surface area contributed by atoms with E-state index in [-0.39, 0.29) is 0 Å². The summed E-state index contributed by atoms with van der Waals surface area (Å²) in [6.45, 7) is 0. The molecule has 0 bridgehead atoms. The number of nitriles is 1. The van der Waals surface area contributed by atoms with Crippen LogP contribution in [0, 0.1) is 11.3 Å². The molecule has 4 nitrogen and oxygen atoms in total. The summed E-state index contributed by atoms with van der Waals surface area (Å²) in [4.78, 5) is 3.96. The average molecular weight is 179 g/mol. The highest BCUT2D eigenvalue weighted by molar-refractivity contribution is 6.30. The highest BCUT2D eigenvalue weighted by Crippen LogP contribution is 2.10. The molecule has 0 spiro atoms. The first-order chi connectivity index (χ1) is 5.81. The predicted octanol–water partition coefficient (Wildman–Crippen LogP) is 1.25. The molecule has 5 heteroatoms. The molecular weight excluding hydrogens is 176 g/mol. The Morgan fingerprint density at radius 2 is 2.33 bits per heavy atom. The Balaban J connectivity index is 2.84. The summed E-state index contributed by atoms with van der Waals surface area (Å²) in [7, 11) is 0. The van der Waals surface area contributed by atoms with E-state index in [4.69, 9.17) is 16.9 Å². The molecule has 0 amide bonds. The molecule has 2 aromatic heterocycles. The van der Waals surface area contributed by atoms with Crippen molar-refractivity contribution in [3.05, 3.63) is 29.2 Å². The van der Waals surface area contributed by atoms with Gasteiger partial charge in [-0.2, -0.15) is 10.4 Å². The summed E-state index contributed by atoms with van der Waals surface area (Å²) < 4.78 is 1.47. The third kappa shape index (κ3) is 0.917. The van der Waals surface area contributed by atoms with Gasteiger partial charge in [0.05, 0.1) is 17.4 Å². The number of aromatic nitrogens is 3. The highest BCUT2D eigenvalue weighted by atomic mass is 35.5. The molecule has 58 valence electrons. The molecule has 12 heavy (non-hydrogen) atoms. The van der Waals surface area contributed by atoms with Crippen LogP contribution >= 0.6 is 11.6 Å². The quantitative estimate of drug-likeness (QED) is 0.610. The molecule has 0 atom stereocenters. The van der Waals surface area contributed by atoms with Crippen molar-refractivity contribution in [2.75, 3.05) is 0 Å². The van der Waals surface area contributed by atoms with E-state index < -0.39 is 0 Å². The van der Waals surface area contributed by atoms with E-state index in [1.54, 1.807) is 6.20 Å². The molecule has 0 fully saturated rings. The van der Waals surface area contributed by atoms with Gasteiger partial charge >= 0.3 is 0 Å². The molecule has 0 aliphatic rings. The predicted molar refractivity (Wildman–Crippen MR) is 42.7 cm³/mol. The van der Waals surface area contributed by atoms with E-state index in [1.165, 1.54) is 16.9 Å². The molecule has 2 heterocycles. The number of rotatable bonds is 0. The van der Waals surface area contributed by atoms with Gasteiger partial charge in [-0.15, -0.1) is 0 Å². The van der Waals surface area contributed by atoms with Gasteiger partial charge in [0, 0.05) is 6.20 Å². The van der Waals surface area contributed by atoms with Crippen molar-refractivity contribution < 1.29 is 0 Å². The topological polar surface area (TPSA) is 54.0 Å². The molecule has 2 rings (SSSR count). The summed E-state index contributed by atoms with van der Waals surface area (Å²) in [5.74, 6) is 0. The Morgan fingerprint density at radius 1 is 1.50 bits per heavy atom. The Labute approximate surface area is 73.0 Å². The fourth-order valence-electron chi connectivity index (χ4n) is 0.931. The maximum absolute atomic E-state index is 8.62. The first kappa shape index (κ1) is 7.07. The van der Waals surface area contributed by atoms with Crippen molar-refractivity contribution >= 4 is 17.2 Å². The van der Waals surface area contributed by atoms with Crippen LogP contribution in [0.1, 0.15) is 5.56 Å². The second-order valence-corrected chi connectivity index (χ2v) is 2.65. The molecule has 0 aliphatic heterocycles. The van der Waals surface area contributed by atoms with Crippen LogP contribution in [0.3, 0.4) is 0 Å². The van der Waals surface area contributed by atoms with Crippen molar-refractivity contribution in [2.45, 2.75) is 0 Å². The molecule has 0 saturated carbocycles. The monoisotopic (exact) mass is 178 g/mol. The van der Waals surface area contributed by atoms with E-state index in [0.29, 0.717) is 16.2 Å². The van der Waals surface area contributed by atoms with Gasteiger partial charge in [-0.05, 0) is 0 Å². The molecule has 0 aliphatic carbocycles. The lowest BCUT2D eigenvalue weighted by molar-refractivity contribution is 0.939. The van der Waals surface area contributed by atoms with E-state index in [9.17, 15) is 0 Å². The summed E-state index contributed by atoms with van der Waals surface area (Å²) in [5, 5.41) is 13.0. The largest absolute Gasteiger partial charge is 0.234 e. The molecular formula is C7H3ClN4. The lowest BCUT2D eigenvalue weighted by atomic mass is 10.4. The maximum atomic E-state index is 8.62. The summed E-state index contributed by atoms with van der Waals surface area (Å²) in [6.07, 6.45) is 4.54. The zero-order chi connectivity index (χ0) is 8.55. The first-order valence-electron chi connectivity index (χ1n) is 3.20. The Morgan fingerprint density at radius 3 is 3.08 bits per heavy atom. The van der Waals surface area contributed by atoms with Gasteiger partial charge in [0.25, 0.3) is 0 Å². The summed E-state index contributed by atoms with van der Waals surface area (Å²) in [5.41, 5.74) is 0.980. The third-order valence-corrected chi connectivity index (χ3v) is 1.64. The molecule has 0 N–H and O–H groups in total. The fourth-order valence-corrected chi connectivity index (χ4v) is 1.07. The van der Waals surface area contributed by atoms with Crippen molar-refractivity contribution in [1.82, 2.24) is 14.6 Å². The summed E-state index contributed by atoms with van der Waals surface area (Å²) >= 11 is 5.66. The molecule has 0 radical (unpaired) electrons. The van der Waals surface area contributed by atoms with Gasteiger partial charge in [-0.25, -0.2) is 9.50 Å². The van der Waals surface area contributed by atoms with E-state index in [1.807, 2.05) is 6.07 Å². The normalized spacial score (nSPS) is 10.0. The summed E-state index contributed by atoms with van der Waals surface area (Å²) in [6, 6.07) is 1.98. The zero-order valence-corrected chi connectivity index (χ0v) is 6.65. The molecule has 0 saturated heterocycles. The minimum Gasteiger partial charge on any atom is -0.234 e. The van der Waals surface area contributed by atoms with E-state index in [2.05, 4.69) is 10.1 Å². The van der Waals surface area contributed by atoms with Gasteiger partial charge in [0.2, 0.25) is 0 Å². The number of hydrogen-bond donors (Lipinski definition) is 0. The Hall–Kier alpha value is -1.60. The van der Waals surface area contributed by atoms with E-state index >= 15 is 0 Å². The number of halogens is 1. The van der Waals surface area contributed by atoms with Crippen LogP contribution in [0.2, 0.25) is 5.02 Å². The first-order valence-corrected chi connectivity index (χ1v) is 3.58. The molecule has 0 aromatic carbocycles. The van der Waals surface area contributed by atoms with Gasteiger partial charge in [0.15, 0.2) is 5.65 Å². The fraction of sp³-hybridized carbons (Fsp3) is 0. The van der Waals surface area contributed by atoms with Crippen LogP contribution in [-0.2, 0) is 0 Å². The van der Waals surface area contributed by atoms with Crippen LogP contribution in [-0.4, -0.2) is 14.6 Å². The third-order valence-electron chi connectivity index (χ3n) is 1.45. The van der Waals surface area contributed by atoms with Crippen LogP contribution in [0.5, 0.6) is 0 Å². The van der Waals surface area contributed by atoms with Gasteiger partial charge in [0.1, 0.15) is 11.6 Å². The van der Waals surface area contributed by atoms with Gasteiger partial charge < -0.3 is 0 Å². The number of nitrogens with zero attached hydrogens (tertiary/aromatic N) is 4. The van der Waals surface area contributed by atoms with Crippen molar-refractivity contribution in [2.24, 2.45) is 0 Å². The standard InChI is InChI=1S/C7H3ClN4/c8-6-3-10-7-5(1-9)2-11-12(7)4-6/h2-4H. The van der Waals surface area contributed by atoms with Crippen LogP contribution in [0.15, 0.2) is 18.6 Å². The second kappa shape index (κ2) is 2.47. The van der Waals surface area contributed by atoms with Crippen molar-refractivity contribution in [1.29, 1.82) is 5.26 Å². The number of fused-ring (bicyclic) bond motifs is 1. The average Bonchev–Trinajstić information content (AvgIpc) is 2.46. The van der Waals surface area contributed by atoms with Crippen molar-refractivity contribution in [3.63, 3.8) is 0 Å². The Bertz CT molecular complexity index is 468. The minimum absolute atomic E-state index is 0.451.